The molecular formula is C15H29IN4O. The lowest BCUT2D eigenvalue weighted by molar-refractivity contribution is 0.380. The third-order valence-corrected chi connectivity index (χ3v) is 3.02. The summed E-state index contributed by atoms with van der Waals surface area (Å²) < 4.78 is 5.37. The maximum atomic E-state index is 5.37. The Morgan fingerprint density at radius 1 is 1.19 bits per heavy atom. The summed E-state index contributed by atoms with van der Waals surface area (Å²) in [6.07, 6.45) is 1.73. The van der Waals surface area contributed by atoms with Gasteiger partial charge in [-0.15, -0.1) is 24.0 Å². The molecule has 0 amide bonds. The number of nitrogens with one attached hydrogen (secondary N) is 2. The molecule has 21 heavy (non-hydrogen) atoms. The largest absolute Gasteiger partial charge is 0.361 e. The first-order valence-corrected chi connectivity index (χ1v) is 7.60. The number of guanidine groups is 1. The molecule has 0 fully saturated rings. The Bertz CT molecular complexity index is 408. The van der Waals surface area contributed by atoms with E-state index in [0.717, 1.165) is 48.9 Å². The van der Waals surface area contributed by atoms with E-state index in [1.165, 1.54) is 0 Å². The van der Waals surface area contributed by atoms with E-state index < -0.39 is 0 Å². The number of rotatable bonds is 7. The molecule has 1 rings (SSSR count). The van der Waals surface area contributed by atoms with Gasteiger partial charge in [0.15, 0.2) is 5.96 Å². The van der Waals surface area contributed by atoms with E-state index in [1.807, 2.05) is 0 Å². The van der Waals surface area contributed by atoms with Crippen LogP contribution in [0.15, 0.2) is 9.52 Å². The molecule has 0 aliphatic heterocycles. The summed E-state index contributed by atoms with van der Waals surface area (Å²) in [5.41, 5.74) is 2.15. The summed E-state index contributed by atoms with van der Waals surface area (Å²) in [5, 5.41) is 10.7. The van der Waals surface area contributed by atoms with E-state index in [9.17, 15) is 0 Å². The number of aryl methyl sites for hydroxylation is 2. The van der Waals surface area contributed by atoms with Gasteiger partial charge in [0.05, 0.1) is 12.2 Å². The molecule has 1 aromatic heterocycles. The zero-order valence-corrected chi connectivity index (χ0v) is 16.2. The third-order valence-electron chi connectivity index (χ3n) is 3.02. The van der Waals surface area contributed by atoms with Crippen LogP contribution >= 0.6 is 24.0 Å². The van der Waals surface area contributed by atoms with Crippen molar-refractivity contribution in [2.45, 2.75) is 54.0 Å². The highest BCUT2D eigenvalue weighted by molar-refractivity contribution is 14.0. The van der Waals surface area contributed by atoms with Gasteiger partial charge in [-0.05, 0) is 19.3 Å². The number of hydrogen-bond acceptors (Lipinski definition) is 3. The monoisotopic (exact) mass is 408 g/mol. The quantitative estimate of drug-likeness (QED) is 0.414. The number of hydrogen-bond donors (Lipinski definition) is 2. The lowest BCUT2D eigenvalue weighted by Crippen LogP contribution is -2.39. The Hall–Kier alpha value is -0.790. The fourth-order valence-electron chi connectivity index (χ4n) is 1.92. The van der Waals surface area contributed by atoms with Gasteiger partial charge >= 0.3 is 0 Å². The Morgan fingerprint density at radius 2 is 1.90 bits per heavy atom. The smallest absolute Gasteiger partial charge is 0.191 e. The summed E-state index contributed by atoms with van der Waals surface area (Å²) in [4.78, 5) is 4.64. The Kier molecular flexibility index (Phi) is 10.5. The van der Waals surface area contributed by atoms with Gasteiger partial charge in [-0.2, -0.15) is 0 Å². The van der Waals surface area contributed by atoms with Gasteiger partial charge < -0.3 is 15.2 Å². The summed E-state index contributed by atoms with van der Waals surface area (Å²) >= 11 is 0. The number of aliphatic imine (C=N–C) groups is 1. The van der Waals surface area contributed by atoms with Crippen molar-refractivity contribution >= 4 is 29.9 Å². The SMILES string of the molecule is CCNC(=NCc1c(CC)noc1CC)NCC(C)C.I. The van der Waals surface area contributed by atoms with Crippen LogP contribution in [-0.4, -0.2) is 24.2 Å². The van der Waals surface area contributed by atoms with Crippen LogP contribution in [0.4, 0.5) is 0 Å². The zero-order chi connectivity index (χ0) is 15.0. The molecule has 122 valence electrons. The van der Waals surface area contributed by atoms with Gasteiger partial charge in [-0.1, -0.05) is 32.9 Å². The van der Waals surface area contributed by atoms with Crippen LogP contribution in [0.2, 0.25) is 0 Å². The van der Waals surface area contributed by atoms with Crippen LogP contribution in [0.3, 0.4) is 0 Å². The van der Waals surface area contributed by atoms with Crippen LogP contribution < -0.4 is 10.6 Å². The van der Waals surface area contributed by atoms with Crippen molar-refractivity contribution in [1.29, 1.82) is 0 Å². The lowest BCUT2D eigenvalue weighted by atomic mass is 10.1. The summed E-state index contributed by atoms with van der Waals surface area (Å²) in [6, 6.07) is 0. The second-order valence-electron chi connectivity index (χ2n) is 5.21. The van der Waals surface area contributed by atoms with E-state index in [-0.39, 0.29) is 24.0 Å². The van der Waals surface area contributed by atoms with Gasteiger partial charge in [0.25, 0.3) is 0 Å². The fraction of sp³-hybridized carbons (Fsp3) is 0.733. The highest BCUT2D eigenvalue weighted by atomic mass is 127. The molecule has 6 heteroatoms. The standard InChI is InChI=1S/C15H28N4O.HI/c1-6-13-12(14(7-2)20-19-13)10-18-15(16-8-3)17-9-11(4)5;/h11H,6-10H2,1-5H3,(H2,16,17,18);1H. The molecular weight excluding hydrogens is 379 g/mol. The Balaban J connectivity index is 0.00000400. The molecule has 0 bridgehead atoms. The molecule has 5 nitrogen and oxygen atoms in total. The fourth-order valence-corrected chi connectivity index (χ4v) is 1.92. The minimum atomic E-state index is 0. The summed E-state index contributed by atoms with van der Waals surface area (Å²) in [7, 11) is 0. The number of aromatic nitrogens is 1. The number of nitrogens with zero attached hydrogens (tertiary/aromatic N) is 2. The van der Waals surface area contributed by atoms with Gasteiger partial charge in [0.2, 0.25) is 0 Å². The van der Waals surface area contributed by atoms with Crippen LogP contribution in [0.25, 0.3) is 0 Å². The second kappa shape index (κ2) is 10.9. The van der Waals surface area contributed by atoms with Crippen molar-refractivity contribution in [3.63, 3.8) is 0 Å². The molecule has 0 spiro atoms. The van der Waals surface area contributed by atoms with E-state index in [0.29, 0.717) is 12.5 Å². The van der Waals surface area contributed by atoms with Gasteiger partial charge in [0.1, 0.15) is 5.76 Å². The van der Waals surface area contributed by atoms with E-state index >= 15 is 0 Å². The molecule has 2 N–H and O–H groups in total. The topological polar surface area (TPSA) is 62.5 Å². The first kappa shape index (κ1) is 20.2. The van der Waals surface area contributed by atoms with Crippen LogP contribution in [0.1, 0.15) is 51.6 Å². The highest BCUT2D eigenvalue weighted by Crippen LogP contribution is 2.16. The first-order valence-electron chi connectivity index (χ1n) is 7.60. The molecule has 0 saturated heterocycles. The van der Waals surface area contributed by atoms with Crippen molar-refractivity contribution in [3.8, 4) is 0 Å². The molecule has 0 aromatic carbocycles. The molecule has 0 aliphatic carbocycles. The summed E-state index contributed by atoms with van der Waals surface area (Å²) in [5.74, 6) is 2.39. The van der Waals surface area contributed by atoms with Gasteiger partial charge in [-0.3, -0.25) is 0 Å². The maximum absolute atomic E-state index is 5.37. The Morgan fingerprint density at radius 3 is 2.43 bits per heavy atom. The van der Waals surface area contributed by atoms with Gasteiger partial charge in [-0.25, -0.2) is 4.99 Å². The van der Waals surface area contributed by atoms with Crippen molar-refractivity contribution < 1.29 is 4.52 Å². The molecule has 0 aliphatic rings. The van der Waals surface area contributed by atoms with E-state index in [2.05, 4.69) is 55.4 Å². The predicted octanol–water partition coefficient (Wildman–Crippen LogP) is 3.13. The van der Waals surface area contributed by atoms with Crippen molar-refractivity contribution in [2.75, 3.05) is 13.1 Å². The van der Waals surface area contributed by atoms with Gasteiger partial charge in [0, 0.05) is 25.1 Å². The Labute approximate surface area is 145 Å². The molecule has 1 heterocycles. The predicted molar refractivity (Wildman–Crippen MR) is 98.3 cm³/mol. The average Bonchev–Trinajstić information content (AvgIpc) is 2.83. The van der Waals surface area contributed by atoms with Crippen LogP contribution in [-0.2, 0) is 19.4 Å². The first-order chi connectivity index (χ1) is 9.62. The highest BCUT2D eigenvalue weighted by Gasteiger charge is 2.13. The van der Waals surface area contributed by atoms with E-state index in [4.69, 9.17) is 4.52 Å². The zero-order valence-electron chi connectivity index (χ0n) is 13.8. The normalized spacial score (nSPS) is 11.4. The number of halogens is 1. The molecule has 0 radical (unpaired) electrons. The second-order valence-corrected chi connectivity index (χ2v) is 5.21. The van der Waals surface area contributed by atoms with Crippen molar-refractivity contribution in [1.82, 2.24) is 15.8 Å². The molecule has 0 saturated carbocycles. The van der Waals surface area contributed by atoms with Crippen LogP contribution in [0.5, 0.6) is 0 Å². The molecule has 0 atom stereocenters. The van der Waals surface area contributed by atoms with E-state index in [1.54, 1.807) is 0 Å². The average molecular weight is 408 g/mol. The maximum Gasteiger partial charge on any atom is 0.191 e. The van der Waals surface area contributed by atoms with Crippen LogP contribution in [0, 0.1) is 5.92 Å². The molecule has 1 aromatic rings. The minimum absolute atomic E-state index is 0. The summed E-state index contributed by atoms with van der Waals surface area (Å²) in [6.45, 7) is 13.0. The molecule has 0 unspecified atom stereocenters. The third kappa shape index (κ3) is 6.67. The van der Waals surface area contributed by atoms with Crippen molar-refractivity contribution in [3.05, 3.63) is 17.0 Å². The minimum Gasteiger partial charge on any atom is -0.361 e. The lowest BCUT2D eigenvalue weighted by Gasteiger charge is -2.13. The van der Waals surface area contributed by atoms with Crippen molar-refractivity contribution in [2.24, 2.45) is 10.9 Å².